The Morgan fingerprint density at radius 3 is 2.66 bits per heavy atom. The number of pyridine rings is 1. The number of guanidine groups is 1. The van der Waals surface area contributed by atoms with Gasteiger partial charge in [-0.05, 0) is 25.1 Å². The average molecular weight is 396 g/mol. The molecular weight excluding hydrogens is 382 g/mol. The van der Waals surface area contributed by atoms with Crippen molar-refractivity contribution in [2.75, 3.05) is 23.5 Å². The maximum absolute atomic E-state index is 15.0. The summed E-state index contributed by atoms with van der Waals surface area (Å²) in [5, 5.41) is 4.33. The van der Waals surface area contributed by atoms with Gasteiger partial charge in [0.05, 0.1) is 23.4 Å². The van der Waals surface area contributed by atoms with Gasteiger partial charge in [-0.1, -0.05) is 12.1 Å². The topological polar surface area (TPSA) is 67.1 Å². The number of halogens is 2. The molecule has 2 aliphatic rings. The summed E-state index contributed by atoms with van der Waals surface area (Å²) >= 11 is 0. The first kappa shape index (κ1) is 17.4. The monoisotopic (exact) mass is 396 g/mol. The van der Waals surface area contributed by atoms with Crippen molar-refractivity contribution in [3.05, 3.63) is 63.9 Å². The molecule has 9 heteroatoms. The van der Waals surface area contributed by atoms with E-state index in [4.69, 9.17) is 4.74 Å². The minimum Gasteiger partial charge on any atom is -0.462 e. The van der Waals surface area contributed by atoms with Gasteiger partial charge in [0, 0.05) is 13.2 Å². The number of hydrogen-bond acceptors (Lipinski definition) is 6. The van der Waals surface area contributed by atoms with E-state index in [1.54, 1.807) is 31.0 Å². The predicted molar refractivity (Wildman–Crippen MR) is 104 cm³/mol. The quantitative estimate of drug-likeness (QED) is 0.623. The Hall–Kier alpha value is -3.75. The number of hydrogen-bond donors (Lipinski definition) is 0. The molecule has 146 valence electrons. The molecular formula is C20H14F2N4O3. The van der Waals surface area contributed by atoms with E-state index in [0.717, 1.165) is 11.8 Å². The van der Waals surface area contributed by atoms with Crippen molar-refractivity contribution in [3.63, 3.8) is 0 Å². The molecule has 0 aliphatic carbocycles. The highest BCUT2D eigenvalue weighted by Gasteiger charge is 2.39. The molecule has 0 atom stereocenters. The number of fused-ring (bicyclic) bond motifs is 4. The lowest BCUT2D eigenvalue weighted by Gasteiger charge is -2.28. The smallest absolute Gasteiger partial charge is 0.343 e. The Morgan fingerprint density at radius 2 is 1.93 bits per heavy atom. The molecule has 0 fully saturated rings. The van der Waals surface area contributed by atoms with Gasteiger partial charge in [-0.25, -0.2) is 18.3 Å². The zero-order valence-electron chi connectivity index (χ0n) is 15.4. The molecule has 0 saturated heterocycles. The SMILES string of the molecule is CCOC(=O)c1cn2c3c(c(F)c(F)cc3c1=O)N1C(=N2)N(C)c2ccccc21. The molecule has 3 aromatic rings. The molecule has 29 heavy (non-hydrogen) atoms. The third-order valence-electron chi connectivity index (χ3n) is 5.04. The van der Waals surface area contributed by atoms with Crippen LogP contribution >= 0.6 is 0 Å². The summed E-state index contributed by atoms with van der Waals surface area (Å²) in [5.41, 5.74) is 0.254. The van der Waals surface area contributed by atoms with E-state index in [2.05, 4.69) is 5.10 Å². The molecule has 3 heterocycles. The first-order valence-corrected chi connectivity index (χ1v) is 8.90. The van der Waals surface area contributed by atoms with Crippen LogP contribution in [0.2, 0.25) is 0 Å². The highest BCUT2D eigenvalue weighted by molar-refractivity contribution is 6.23. The van der Waals surface area contributed by atoms with E-state index in [1.807, 2.05) is 12.1 Å². The molecule has 2 aromatic carbocycles. The molecule has 1 aromatic heterocycles. The number of aromatic nitrogens is 1. The zero-order chi connectivity index (χ0) is 20.4. The summed E-state index contributed by atoms with van der Waals surface area (Å²) in [6.07, 6.45) is 1.20. The molecule has 0 radical (unpaired) electrons. The van der Waals surface area contributed by atoms with Crippen LogP contribution in [0, 0.1) is 11.6 Å². The minimum absolute atomic E-state index is 0.0691. The summed E-state index contributed by atoms with van der Waals surface area (Å²) in [6, 6.07) is 7.96. The number of benzene rings is 2. The Kier molecular flexibility index (Phi) is 3.51. The second kappa shape index (κ2) is 5.87. The summed E-state index contributed by atoms with van der Waals surface area (Å²) in [7, 11) is 1.74. The van der Waals surface area contributed by atoms with Crippen LogP contribution in [0.1, 0.15) is 17.3 Å². The lowest BCUT2D eigenvalue weighted by Crippen LogP contribution is -2.38. The second-order valence-electron chi connectivity index (χ2n) is 6.64. The fourth-order valence-corrected chi connectivity index (χ4v) is 3.77. The van der Waals surface area contributed by atoms with Crippen molar-refractivity contribution in [1.82, 2.24) is 4.68 Å². The molecule has 0 N–H and O–H groups in total. The van der Waals surface area contributed by atoms with Crippen molar-refractivity contribution in [1.29, 1.82) is 0 Å². The molecule has 2 aliphatic heterocycles. The van der Waals surface area contributed by atoms with Gasteiger partial charge in [-0.15, -0.1) is 5.10 Å². The van der Waals surface area contributed by atoms with Crippen LogP contribution in [0.5, 0.6) is 0 Å². The van der Waals surface area contributed by atoms with E-state index < -0.39 is 23.0 Å². The van der Waals surface area contributed by atoms with Gasteiger partial charge in [-0.2, -0.15) is 0 Å². The van der Waals surface area contributed by atoms with Crippen molar-refractivity contribution in [2.45, 2.75) is 6.92 Å². The number of nitrogens with zero attached hydrogens (tertiary/aromatic N) is 4. The Morgan fingerprint density at radius 1 is 1.21 bits per heavy atom. The lowest BCUT2D eigenvalue weighted by atomic mass is 10.1. The number of esters is 1. The van der Waals surface area contributed by atoms with Crippen LogP contribution in [0.4, 0.5) is 25.8 Å². The largest absolute Gasteiger partial charge is 0.462 e. The van der Waals surface area contributed by atoms with Crippen molar-refractivity contribution in [2.24, 2.45) is 5.10 Å². The van der Waals surface area contributed by atoms with Gasteiger partial charge in [0.15, 0.2) is 11.6 Å². The van der Waals surface area contributed by atoms with E-state index in [-0.39, 0.29) is 28.8 Å². The summed E-state index contributed by atoms with van der Waals surface area (Å²) in [5.74, 6) is -2.83. The molecule has 0 saturated carbocycles. The number of anilines is 3. The molecule has 0 amide bonds. The Balaban J connectivity index is 1.91. The zero-order valence-corrected chi connectivity index (χ0v) is 15.4. The lowest BCUT2D eigenvalue weighted by molar-refractivity contribution is 0.0524. The predicted octanol–water partition coefficient (Wildman–Crippen LogP) is 3.18. The number of rotatable bonds is 2. The number of ether oxygens (including phenoxy) is 1. The Bertz CT molecular complexity index is 1320. The van der Waals surface area contributed by atoms with Gasteiger partial charge >= 0.3 is 5.97 Å². The molecule has 7 nitrogen and oxygen atoms in total. The van der Waals surface area contributed by atoms with Crippen LogP contribution in [0.25, 0.3) is 10.9 Å². The summed E-state index contributed by atoms with van der Waals surface area (Å²) < 4.78 is 35.7. The second-order valence-corrected chi connectivity index (χ2v) is 6.64. The standard InChI is InChI=1S/C20H14F2N4O3/c1-3-29-19(28)11-9-25-16-10(18(11)27)8-12(21)15(22)17(16)26-14-7-5-4-6-13(14)24(2)20(26)23-25/h4-9H,3H2,1-2H3. The fraction of sp³-hybridized carbons (Fsp3) is 0.150. The third-order valence-corrected chi connectivity index (χ3v) is 5.04. The highest BCUT2D eigenvalue weighted by Crippen LogP contribution is 2.46. The van der Waals surface area contributed by atoms with Gasteiger partial charge in [0.2, 0.25) is 11.4 Å². The molecule has 0 spiro atoms. The van der Waals surface area contributed by atoms with Crippen LogP contribution in [-0.4, -0.2) is 30.3 Å². The molecule has 5 rings (SSSR count). The number of carbonyl (C=O) groups is 1. The van der Waals surface area contributed by atoms with E-state index in [9.17, 15) is 14.0 Å². The maximum atomic E-state index is 15.0. The van der Waals surface area contributed by atoms with Crippen molar-refractivity contribution in [3.8, 4) is 0 Å². The van der Waals surface area contributed by atoms with Crippen LogP contribution < -0.4 is 15.2 Å². The fourth-order valence-electron chi connectivity index (χ4n) is 3.77. The first-order chi connectivity index (χ1) is 13.9. The average Bonchev–Trinajstić information content (AvgIpc) is 2.99. The van der Waals surface area contributed by atoms with Gasteiger partial charge in [0.25, 0.3) is 0 Å². The highest BCUT2D eigenvalue weighted by atomic mass is 19.2. The van der Waals surface area contributed by atoms with E-state index in [1.165, 1.54) is 15.8 Å². The van der Waals surface area contributed by atoms with Crippen LogP contribution in [-0.2, 0) is 4.74 Å². The van der Waals surface area contributed by atoms with E-state index in [0.29, 0.717) is 11.6 Å². The number of para-hydroxylation sites is 2. The minimum atomic E-state index is -1.19. The Labute approximate surface area is 163 Å². The van der Waals surface area contributed by atoms with Crippen LogP contribution in [0.3, 0.4) is 0 Å². The van der Waals surface area contributed by atoms with Crippen LogP contribution in [0.15, 0.2) is 46.4 Å². The summed E-state index contributed by atoms with van der Waals surface area (Å²) in [6.45, 7) is 1.68. The van der Waals surface area contributed by atoms with Crippen molar-refractivity contribution >= 4 is 39.9 Å². The third kappa shape index (κ3) is 2.18. The normalized spacial score (nSPS) is 14.0. The first-order valence-electron chi connectivity index (χ1n) is 8.90. The summed E-state index contributed by atoms with van der Waals surface area (Å²) in [4.78, 5) is 28.3. The molecule has 0 bridgehead atoms. The van der Waals surface area contributed by atoms with Gasteiger partial charge in [-0.3, -0.25) is 9.69 Å². The van der Waals surface area contributed by atoms with Gasteiger partial charge < -0.3 is 9.64 Å². The number of carbonyl (C=O) groups excluding carboxylic acids is 1. The van der Waals surface area contributed by atoms with Crippen molar-refractivity contribution < 1.29 is 18.3 Å². The van der Waals surface area contributed by atoms with Gasteiger partial charge in [0.1, 0.15) is 16.8 Å². The van der Waals surface area contributed by atoms with E-state index >= 15 is 4.39 Å². The molecule has 0 unspecified atom stereocenters. The maximum Gasteiger partial charge on any atom is 0.343 e.